The van der Waals surface area contributed by atoms with Crippen LogP contribution < -0.4 is 14.9 Å². The van der Waals surface area contributed by atoms with E-state index in [1.807, 2.05) is 0 Å². The van der Waals surface area contributed by atoms with Gasteiger partial charge < -0.3 is 10.2 Å². The Bertz CT molecular complexity index is 1650. The van der Waals surface area contributed by atoms with Crippen molar-refractivity contribution in [3.05, 3.63) is 87.4 Å². The minimum atomic E-state index is -3.90. The first-order chi connectivity index (χ1) is 19.2. The third-order valence-corrected chi connectivity index (χ3v) is 9.18. The SMILES string of the molecule is O=C(NCCN1CCN(c2nc3ccc([N+](=O)[O-])cc3s2)CC1)c1ccccc1NS(=O)(=O)c1ccc(Cl)cc1. The Morgan fingerprint density at radius 1 is 1.05 bits per heavy atom. The molecule has 0 radical (unpaired) electrons. The van der Waals surface area contributed by atoms with Gasteiger partial charge in [0, 0.05) is 56.4 Å². The number of nitrogens with zero attached hydrogens (tertiary/aromatic N) is 4. The molecule has 14 heteroatoms. The van der Waals surface area contributed by atoms with Gasteiger partial charge in [-0.15, -0.1) is 0 Å². The molecule has 0 aliphatic carbocycles. The Labute approximate surface area is 239 Å². The van der Waals surface area contributed by atoms with E-state index >= 15 is 0 Å². The van der Waals surface area contributed by atoms with Crippen LogP contribution in [-0.2, 0) is 10.0 Å². The van der Waals surface area contributed by atoms with Crippen molar-refractivity contribution < 1.29 is 18.1 Å². The summed E-state index contributed by atoms with van der Waals surface area (Å²) in [5.41, 5.74) is 1.20. The normalized spacial score (nSPS) is 14.3. The van der Waals surface area contributed by atoms with Gasteiger partial charge in [0.05, 0.1) is 31.3 Å². The average molecular weight is 601 g/mol. The minimum absolute atomic E-state index is 0.0402. The molecular formula is C26H25ClN6O5S2. The van der Waals surface area contributed by atoms with Crippen LogP contribution in [0.4, 0.5) is 16.5 Å². The number of thiazole rings is 1. The third kappa shape index (κ3) is 6.33. The lowest BCUT2D eigenvalue weighted by Crippen LogP contribution is -2.48. The lowest BCUT2D eigenvalue weighted by molar-refractivity contribution is -0.384. The molecule has 2 N–H and O–H groups in total. The summed E-state index contributed by atoms with van der Waals surface area (Å²) in [6, 6.07) is 16.9. The van der Waals surface area contributed by atoms with Gasteiger partial charge >= 0.3 is 0 Å². The Balaban J connectivity index is 1.13. The van der Waals surface area contributed by atoms with Crippen LogP contribution in [0.2, 0.25) is 5.02 Å². The fraction of sp³-hybridized carbons (Fsp3) is 0.231. The Kier molecular flexibility index (Phi) is 8.17. The topological polar surface area (TPSA) is 138 Å². The number of non-ortho nitro benzene ring substituents is 1. The minimum Gasteiger partial charge on any atom is -0.351 e. The molecule has 1 aliphatic rings. The number of carbonyl (C=O) groups is 1. The zero-order valence-corrected chi connectivity index (χ0v) is 23.5. The van der Waals surface area contributed by atoms with Crippen LogP contribution in [0.25, 0.3) is 10.2 Å². The highest BCUT2D eigenvalue weighted by Crippen LogP contribution is 2.32. The molecule has 1 amide bonds. The van der Waals surface area contributed by atoms with Crippen molar-refractivity contribution >= 4 is 65.6 Å². The van der Waals surface area contributed by atoms with Gasteiger partial charge in [0.15, 0.2) is 5.13 Å². The second-order valence-corrected chi connectivity index (χ2v) is 12.2. The second-order valence-electron chi connectivity index (χ2n) is 9.10. The quantitative estimate of drug-likeness (QED) is 0.215. The van der Waals surface area contributed by atoms with Gasteiger partial charge in [0.25, 0.3) is 21.6 Å². The fourth-order valence-electron chi connectivity index (χ4n) is 4.32. The molecular weight excluding hydrogens is 576 g/mol. The molecule has 40 heavy (non-hydrogen) atoms. The van der Waals surface area contributed by atoms with E-state index in [1.54, 1.807) is 36.4 Å². The van der Waals surface area contributed by atoms with E-state index in [9.17, 15) is 23.3 Å². The fourth-order valence-corrected chi connectivity index (χ4v) is 6.58. The van der Waals surface area contributed by atoms with Gasteiger partial charge in [0.2, 0.25) is 0 Å². The first-order valence-corrected chi connectivity index (χ1v) is 15.1. The number of nitro benzene ring substituents is 1. The number of nitrogens with one attached hydrogen (secondary N) is 2. The standard InChI is InChI=1S/C26H25ClN6O5S2/c27-18-5-8-20(9-6-18)40(37,38)30-22-4-2-1-3-21(22)25(34)28-11-12-31-13-15-32(16-14-31)26-29-23-10-7-19(33(35)36)17-24(23)39-26/h1-10,17,30H,11-16H2,(H,28,34). The molecule has 0 atom stereocenters. The smallest absolute Gasteiger partial charge is 0.270 e. The number of fused-ring (bicyclic) bond motifs is 1. The average Bonchev–Trinajstić information content (AvgIpc) is 3.37. The summed E-state index contributed by atoms with van der Waals surface area (Å²) in [6.45, 7) is 4.04. The Morgan fingerprint density at radius 2 is 1.77 bits per heavy atom. The van der Waals surface area contributed by atoms with Crippen molar-refractivity contribution in [2.75, 3.05) is 48.9 Å². The maximum Gasteiger partial charge on any atom is 0.270 e. The molecule has 4 aromatic rings. The first-order valence-electron chi connectivity index (χ1n) is 12.4. The van der Waals surface area contributed by atoms with Crippen molar-refractivity contribution in [3.63, 3.8) is 0 Å². The number of nitro groups is 1. The molecule has 2 heterocycles. The molecule has 1 aliphatic heterocycles. The highest BCUT2D eigenvalue weighted by Gasteiger charge is 2.22. The first kappa shape index (κ1) is 27.8. The number of halogens is 1. The molecule has 208 valence electrons. The number of piperazine rings is 1. The van der Waals surface area contributed by atoms with Crippen molar-refractivity contribution in [3.8, 4) is 0 Å². The highest BCUT2D eigenvalue weighted by atomic mass is 35.5. The number of benzene rings is 3. The largest absolute Gasteiger partial charge is 0.351 e. The van der Waals surface area contributed by atoms with Crippen molar-refractivity contribution in [2.45, 2.75) is 4.90 Å². The molecule has 0 unspecified atom stereocenters. The number of para-hydroxylation sites is 1. The predicted octanol–water partition coefficient (Wildman–Crippen LogP) is 4.21. The van der Waals surface area contributed by atoms with Crippen LogP contribution in [0.1, 0.15) is 10.4 Å². The van der Waals surface area contributed by atoms with Gasteiger partial charge in [-0.2, -0.15) is 0 Å². The predicted molar refractivity (Wildman–Crippen MR) is 156 cm³/mol. The van der Waals surface area contributed by atoms with Crippen LogP contribution in [0.15, 0.2) is 71.6 Å². The van der Waals surface area contributed by atoms with Crippen LogP contribution in [0.3, 0.4) is 0 Å². The number of rotatable bonds is 9. The van der Waals surface area contributed by atoms with Crippen LogP contribution in [0, 0.1) is 10.1 Å². The number of hydrogen-bond acceptors (Lipinski definition) is 9. The maximum absolute atomic E-state index is 12.9. The van der Waals surface area contributed by atoms with Crippen molar-refractivity contribution in [1.82, 2.24) is 15.2 Å². The number of anilines is 2. The molecule has 1 saturated heterocycles. The molecule has 0 saturated carbocycles. The Hall–Kier alpha value is -3.78. The maximum atomic E-state index is 12.9. The number of carbonyl (C=O) groups excluding carboxylic acids is 1. The van der Waals surface area contributed by atoms with Crippen LogP contribution in [0.5, 0.6) is 0 Å². The van der Waals surface area contributed by atoms with Gasteiger partial charge in [-0.3, -0.25) is 24.5 Å². The van der Waals surface area contributed by atoms with Gasteiger partial charge in [-0.25, -0.2) is 13.4 Å². The molecule has 5 rings (SSSR count). The van der Waals surface area contributed by atoms with Crippen LogP contribution >= 0.6 is 22.9 Å². The summed E-state index contributed by atoms with van der Waals surface area (Å²) in [6.07, 6.45) is 0. The van der Waals surface area contributed by atoms with E-state index < -0.39 is 14.9 Å². The summed E-state index contributed by atoms with van der Waals surface area (Å²) < 4.78 is 28.9. The van der Waals surface area contributed by atoms with E-state index in [4.69, 9.17) is 11.6 Å². The summed E-state index contributed by atoms with van der Waals surface area (Å²) >= 11 is 7.30. The number of amides is 1. The monoisotopic (exact) mass is 600 g/mol. The third-order valence-electron chi connectivity index (χ3n) is 6.47. The van der Waals surface area contributed by atoms with E-state index in [0.29, 0.717) is 18.1 Å². The van der Waals surface area contributed by atoms with E-state index in [2.05, 4.69) is 24.8 Å². The number of hydrogen-bond donors (Lipinski definition) is 2. The summed E-state index contributed by atoms with van der Waals surface area (Å²) in [5, 5.41) is 15.2. The number of sulfonamides is 1. The zero-order valence-electron chi connectivity index (χ0n) is 21.1. The lowest BCUT2D eigenvalue weighted by atomic mass is 10.1. The van der Waals surface area contributed by atoms with Crippen molar-refractivity contribution in [2.24, 2.45) is 0 Å². The lowest BCUT2D eigenvalue weighted by Gasteiger charge is -2.34. The molecule has 1 aromatic heterocycles. The van der Waals surface area contributed by atoms with E-state index in [0.717, 1.165) is 41.5 Å². The summed E-state index contributed by atoms with van der Waals surface area (Å²) in [4.78, 5) is 32.6. The second kappa shape index (κ2) is 11.8. The number of aromatic nitrogens is 1. The highest BCUT2D eigenvalue weighted by molar-refractivity contribution is 7.92. The van der Waals surface area contributed by atoms with Gasteiger partial charge in [0.1, 0.15) is 0 Å². The van der Waals surface area contributed by atoms with E-state index in [-0.39, 0.29) is 27.7 Å². The molecule has 11 nitrogen and oxygen atoms in total. The van der Waals surface area contributed by atoms with Crippen molar-refractivity contribution in [1.29, 1.82) is 0 Å². The summed E-state index contributed by atoms with van der Waals surface area (Å²) in [5.74, 6) is -0.378. The summed E-state index contributed by atoms with van der Waals surface area (Å²) in [7, 11) is -3.90. The zero-order chi connectivity index (χ0) is 28.3. The molecule has 0 spiro atoms. The molecule has 0 bridgehead atoms. The Morgan fingerprint density at radius 3 is 2.50 bits per heavy atom. The molecule has 1 fully saturated rings. The van der Waals surface area contributed by atoms with Crippen LogP contribution in [-0.4, -0.2) is 68.4 Å². The van der Waals surface area contributed by atoms with Gasteiger partial charge in [-0.1, -0.05) is 35.1 Å². The van der Waals surface area contributed by atoms with Gasteiger partial charge in [-0.05, 0) is 42.5 Å². The molecule has 3 aromatic carbocycles. The van der Waals surface area contributed by atoms with E-state index in [1.165, 1.54) is 41.7 Å².